The van der Waals surface area contributed by atoms with Crippen LogP contribution >= 0.6 is 0 Å². The maximum Gasteiger partial charge on any atom is 0.237 e. The summed E-state index contributed by atoms with van der Waals surface area (Å²) < 4.78 is 50.0. The van der Waals surface area contributed by atoms with E-state index < -0.39 is 38.0 Å². The van der Waals surface area contributed by atoms with Crippen molar-refractivity contribution < 1.29 is 22.0 Å². The number of halogens is 2. The number of nitrogens with zero attached hydrogens (tertiary/aromatic N) is 1. The Kier molecular flexibility index (Phi) is 5.58. The van der Waals surface area contributed by atoms with Crippen molar-refractivity contribution in [2.45, 2.75) is 11.3 Å². The molecule has 0 bridgehead atoms. The van der Waals surface area contributed by atoms with Crippen molar-refractivity contribution in [3.63, 3.8) is 0 Å². The number of benzene rings is 1. The Hall–Kier alpha value is -1.54. The fourth-order valence-corrected chi connectivity index (χ4v) is 2.86. The molecule has 0 fully saturated rings. The first-order chi connectivity index (χ1) is 9.27. The number of nitrogens with two attached hydrogens (primary N) is 1. The van der Waals surface area contributed by atoms with Crippen molar-refractivity contribution in [1.82, 2.24) is 4.90 Å². The summed E-state index contributed by atoms with van der Waals surface area (Å²) >= 11 is 0. The summed E-state index contributed by atoms with van der Waals surface area (Å²) in [6.45, 7) is 0.688. The Morgan fingerprint density at radius 1 is 1.35 bits per heavy atom. The molecule has 0 spiro atoms. The van der Waals surface area contributed by atoms with Gasteiger partial charge in [-0.25, -0.2) is 17.2 Å². The minimum atomic E-state index is -4.14. The normalized spacial score (nSPS) is 11.4. The minimum Gasteiger partial charge on any atom is -0.345 e. The molecule has 5 nitrogen and oxygen atoms in total. The summed E-state index contributed by atoms with van der Waals surface area (Å²) in [6, 6.07) is 2.11. The number of sulfone groups is 1. The molecule has 20 heavy (non-hydrogen) atoms. The van der Waals surface area contributed by atoms with Crippen LogP contribution in [0.3, 0.4) is 0 Å². The van der Waals surface area contributed by atoms with E-state index in [0.717, 1.165) is 12.1 Å². The number of rotatable bonds is 6. The van der Waals surface area contributed by atoms with E-state index in [1.807, 2.05) is 0 Å². The highest BCUT2D eigenvalue weighted by molar-refractivity contribution is 7.92. The molecular weight excluding hydrogens is 290 g/mol. The lowest BCUT2D eigenvalue weighted by Gasteiger charge is -2.16. The quantitative estimate of drug-likeness (QED) is 0.778. The fraction of sp³-hybridized carbons (Fsp3) is 0.417. The monoisotopic (exact) mass is 306 g/mol. The van der Waals surface area contributed by atoms with Gasteiger partial charge >= 0.3 is 0 Å². The smallest absolute Gasteiger partial charge is 0.237 e. The zero-order valence-electron chi connectivity index (χ0n) is 11.0. The second kappa shape index (κ2) is 6.76. The van der Waals surface area contributed by atoms with Gasteiger partial charge in [-0.3, -0.25) is 4.79 Å². The van der Waals surface area contributed by atoms with Crippen molar-refractivity contribution in [1.29, 1.82) is 0 Å². The van der Waals surface area contributed by atoms with Gasteiger partial charge < -0.3 is 10.6 Å². The molecule has 0 unspecified atom stereocenters. The van der Waals surface area contributed by atoms with Crippen LogP contribution in [0.15, 0.2) is 23.1 Å². The highest BCUT2D eigenvalue weighted by atomic mass is 32.2. The maximum absolute atomic E-state index is 13.4. The highest BCUT2D eigenvalue weighted by Gasteiger charge is 2.24. The zero-order valence-corrected chi connectivity index (χ0v) is 11.8. The zero-order chi connectivity index (χ0) is 15.3. The highest BCUT2D eigenvalue weighted by Crippen LogP contribution is 2.17. The molecule has 0 radical (unpaired) electrons. The van der Waals surface area contributed by atoms with Crippen molar-refractivity contribution >= 4 is 15.7 Å². The average molecular weight is 306 g/mol. The molecule has 0 saturated heterocycles. The predicted molar refractivity (Wildman–Crippen MR) is 69.7 cm³/mol. The van der Waals surface area contributed by atoms with Crippen molar-refractivity contribution in [3.8, 4) is 0 Å². The molecule has 0 heterocycles. The number of hydrogen-bond donors (Lipinski definition) is 1. The van der Waals surface area contributed by atoms with Crippen LogP contribution in [0.1, 0.15) is 6.42 Å². The maximum atomic E-state index is 13.4. The Morgan fingerprint density at radius 2 is 2.00 bits per heavy atom. The SMILES string of the molecule is CN(CCCN)C(=O)CS(=O)(=O)c1ccc(F)cc1F. The second-order valence-electron chi connectivity index (χ2n) is 4.29. The summed E-state index contributed by atoms with van der Waals surface area (Å²) in [5, 5.41) is 0. The van der Waals surface area contributed by atoms with Crippen LogP contribution < -0.4 is 5.73 Å². The lowest BCUT2D eigenvalue weighted by molar-refractivity contribution is -0.127. The lowest BCUT2D eigenvalue weighted by atomic mass is 10.3. The van der Waals surface area contributed by atoms with Crippen molar-refractivity contribution in [2.75, 3.05) is 25.9 Å². The van der Waals surface area contributed by atoms with E-state index in [-0.39, 0.29) is 0 Å². The lowest BCUT2D eigenvalue weighted by Crippen LogP contribution is -2.34. The van der Waals surface area contributed by atoms with Crippen LogP contribution in [0.2, 0.25) is 0 Å². The molecule has 0 aromatic heterocycles. The van der Waals surface area contributed by atoms with Crippen LogP contribution in [-0.4, -0.2) is 45.1 Å². The molecule has 1 amide bonds. The van der Waals surface area contributed by atoms with Gasteiger partial charge in [0.1, 0.15) is 22.3 Å². The van der Waals surface area contributed by atoms with Gasteiger partial charge in [-0.2, -0.15) is 0 Å². The number of carbonyl (C=O) groups excluding carboxylic acids is 1. The van der Waals surface area contributed by atoms with Crippen LogP contribution in [0.4, 0.5) is 8.78 Å². The molecule has 2 N–H and O–H groups in total. The summed E-state index contributed by atoms with van der Waals surface area (Å²) in [7, 11) is -2.70. The first-order valence-corrected chi connectivity index (χ1v) is 7.55. The molecule has 1 aromatic carbocycles. The second-order valence-corrected chi connectivity index (χ2v) is 6.25. The molecule has 0 aliphatic carbocycles. The third-order valence-electron chi connectivity index (χ3n) is 2.67. The van der Waals surface area contributed by atoms with Gasteiger partial charge in [0.05, 0.1) is 0 Å². The van der Waals surface area contributed by atoms with E-state index in [4.69, 9.17) is 5.73 Å². The van der Waals surface area contributed by atoms with Gasteiger partial charge in [0, 0.05) is 19.7 Å². The van der Waals surface area contributed by atoms with Gasteiger partial charge in [0.15, 0.2) is 9.84 Å². The van der Waals surface area contributed by atoms with E-state index in [0.29, 0.717) is 25.6 Å². The van der Waals surface area contributed by atoms with Crippen LogP contribution in [0, 0.1) is 11.6 Å². The standard InChI is InChI=1S/C12H16F2N2O3S/c1-16(6-2-5-15)12(17)8-20(18,19)11-4-3-9(13)7-10(11)14/h3-4,7H,2,5-6,8,15H2,1H3. The van der Waals surface area contributed by atoms with Crippen molar-refractivity contribution in [2.24, 2.45) is 5.73 Å². The van der Waals surface area contributed by atoms with Crippen LogP contribution in [0.25, 0.3) is 0 Å². The van der Waals surface area contributed by atoms with Gasteiger partial charge in [-0.1, -0.05) is 0 Å². The van der Waals surface area contributed by atoms with Gasteiger partial charge in [-0.05, 0) is 25.1 Å². The molecule has 8 heteroatoms. The number of carbonyl (C=O) groups is 1. The van der Waals surface area contributed by atoms with Gasteiger partial charge in [0.2, 0.25) is 5.91 Å². The van der Waals surface area contributed by atoms with Gasteiger partial charge in [-0.15, -0.1) is 0 Å². The molecule has 1 aromatic rings. The summed E-state index contributed by atoms with van der Waals surface area (Å²) in [6.07, 6.45) is 0.535. The van der Waals surface area contributed by atoms with E-state index >= 15 is 0 Å². The molecule has 0 atom stereocenters. The fourth-order valence-electron chi connectivity index (χ4n) is 1.53. The van der Waals surface area contributed by atoms with E-state index in [1.54, 1.807) is 0 Å². The first kappa shape index (κ1) is 16.5. The summed E-state index contributed by atoms with van der Waals surface area (Å²) in [4.78, 5) is 12.3. The van der Waals surface area contributed by atoms with E-state index in [1.165, 1.54) is 11.9 Å². The average Bonchev–Trinajstić information content (AvgIpc) is 2.34. The molecule has 112 valence electrons. The first-order valence-electron chi connectivity index (χ1n) is 5.90. The Labute approximate surface area is 116 Å². The van der Waals surface area contributed by atoms with Crippen LogP contribution in [-0.2, 0) is 14.6 Å². The Bertz CT molecular complexity index is 590. The number of hydrogen-bond acceptors (Lipinski definition) is 4. The predicted octanol–water partition coefficient (Wildman–Crippen LogP) is 0.546. The van der Waals surface area contributed by atoms with E-state index in [9.17, 15) is 22.0 Å². The molecule has 0 saturated carbocycles. The molecule has 1 rings (SSSR count). The third kappa shape index (κ3) is 4.24. The Balaban J connectivity index is 2.87. The minimum absolute atomic E-state index is 0.316. The summed E-state index contributed by atoms with van der Waals surface area (Å²) in [5.41, 5.74) is 5.29. The largest absolute Gasteiger partial charge is 0.345 e. The van der Waals surface area contributed by atoms with Gasteiger partial charge in [0.25, 0.3) is 0 Å². The Morgan fingerprint density at radius 3 is 2.55 bits per heavy atom. The molecule has 0 aliphatic heterocycles. The van der Waals surface area contributed by atoms with Crippen LogP contribution in [0.5, 0.6) is 0 Å². The third-order valence-corrected chi connectivity index (χ3v) is 4.29. The molecule has 0 aliphatic rings. The molecular formula is C12H16F2N2O3S. The van der Waals surface area contributed by atoms with E-state index in [2.05, 4.69) is 0 Å². The topological polar surface area (TPSA) is 80.5 Å². The summed E-state index contributed by atoms with van der Waals surface area (Å²) in [5.74, 6) is -3.62. The van der Waals surface area contributed by atoms with Crippen molar-refractivity contribution in [3.05, 3.63) is 29.8 Å². The number of amides is 1.